The summed E-state index contributed by atoms with van der Waals surface area (Å²) in [7, 11) is 1.39. The van der Waals surface area contributed by atoms with Gasteiger partial charge in [0.2, 0.25) is 5.91 Å². The number of rotatable bonds is 4. The molecule has 0 saturated carbocycles. The second-order valence-electron chi connectivity index (χ2n) is 6.49. The molecule has 0 aliphatic carbocycles. The van der Waals surface area contributed by atoms with Crippen LogP contribution in [0.2, 0.25) is 0 Å². The molecular weight excluding hydrogens is 328 g/mol. The monoisotopic (exact) mass is 352 g/mol. The second kappa shape index (κ2) is 8.04. The van der Waals surface area contributed by atoms with E-state index >= 15 is 0 Å². The highest BCUT2D eigenvalue weighted by molar-refractivity contribution is 5.96. The first-order valence-corrected chi connectivity index (χ1v) is 8.93. The number of methoxy groups -OCH3 is 1. The fourth-order valence-electron chi connectivity index (χ4n) is 3.41. The summed E-state index contributed by atoms with van der Waals surface area (Å²) in [6.45, 7) is 3.16. The molecule has 1 heterocycles. The van der Waals surface area contributed by atoms with E-state index in [1.54, 1.807) is 4.90 Å². The van der Waals surface area contributed by atoms with E-state index in [1.165, 1.54) is 12.7 Å². The van der Waals surface area contributed by atoms with E-state index in [0.29, 0.717) is 13.1 Å². The molecule has 2 amide bonds. The minimum absolute atomic E-state index is 0.0146. The lowest BCUT2D eigenvalue weighted by Gasteiger charge is -2.28. The van der Waals surface area contributed by atoms with E-state index < -0.39 is 0 Å². The molecule has 0 fully saturated rings. The Balaban J connectivity index is 1.74. The highest BCUT2D eigenvalue weighted by Crippen LogP contribution is 2.25. The van der Waals surface area contributed by atoms with Crippen LogP contribution in [0.3, 0.4) is 0 Å². The first-order chi connectivity index (χ1) is 12.6. The van der Waals surface area contributed by atoms with Crippen LogP contribution in [-0.2, 0) is 22.5 Å². The Labute approximate surface area is 154 Å². The Morgan fingerprint density at radius 3 is 2.62 bits per heavy atom. The maximum absolute atomic E-state index is 12.7. The minimum Gasteiger partial charge on any atom is -0.453 e. The summed E-state index contributed by atoms with van der Waals surface area (Å²) < 4.78 is 4.81. The zero-order chi connectivity index (χ0) is 18.5. The van der Waals surface area contributed by atoms with Crippen LogP contribution in [0.4, 0.5) is 10.5 Å². The fourth-order valence-corrected chi connectivity index (χ4v) is 3.41. The predicted molar refractivity (Wildman–Crippen MR) is 101 cm³/mol. The number of anilines is 1. The Kier molecular flexibility index (Phi) is 5.56. The molecule has 2 aromatic rings. The predicted octanol–water partition coefficient (Wildman–Crippen LogP) is 3.94. The van der Waals surface area contributed by atoms with Crippen LogP contribution in [-0.4, -0.2) is 30.6 Å². The molecule has 26 heavy (non-hydrogen) atoms. The maximum atomic E-state index is 12.7. The van der Waals surface area contributed by atoms with E-state index in [2.05, 4.69) is 5.32 Å². The van der Waals surface area contributed by atoms with Gasteiger partial charge in [-0.15, -0.1) is 0 Å². The Hall–Kier alpha value is -2.82. The molecule has 2 aromatic carbocycles. The average molecular weight is 352 g/mol. The molecule has 0 saturated heterocycles. The molecule has 1 aliphatic rings. The molecule has 0 bridgehead atoms. The van der Waals surface area contributed by atoms with Crippen LogP contribution in [0.5, 0.6) is 0 Å². The van der Waals surface area contributed by atoms with E-state index in [1.807, 2.05) is 55.5 Å². The van der Waals surface area contributed by atoms with Crippen LogP contribution >= 0.6 is 0 Å². The molecule has 0 aromatic heterocycles. The van der Waals surface area contributed by atoms with E-state index in [9.17, 15) is 9.59 Å². The zero-order valence-corrected chi connectivity index (χ0v) is 15.2. The van der Waals surface area contributed by atoms with Crippen molar-refractivity contribution in [2.24, 2.45) is 0 Å². The molecule has 0 radical (unpaired) electrons. The van der Waals surface area contributed by atoms with Crippen LogP contribution in [0.1, 0.15) is 36.0 Å². The Morgan fingerprint density at radius 1 is 1.15 bits per heavy atom. The largest absolute Gasteiger partial charge is 0.453 e. The molecule has 1 N–H and O–H groups in total. The summed E-state index contributed by atoms with van der Waals surface area (Å²) in [4.78, 5) is 26.2. The lowest BCUT2D eigenvalue weighted by atomic mass is 9.95. The summed E-state index contributed by atoms with van der Waals surface area (Å²) in [5.41, 5.74) is 4.03. The fraction of sp³-hybridized carbons (Fsp3) is 0.333. The molecule has 3 rings (SSSR count). The molecule has 1 unspecified atom stereocenters. The summed E-state index contributed by atoms with van der Waals surface area (Å²) in [5.74, 6) is -0.196. The standard InChI is InChI=1S/C21H24N2O3/c1-3-19(16-7-5-4-6-8-16)20(24)22-18-10-9-15-11-12-23(21(25)26-2)14-17(15)13-18/h4-10,13,19H,3,11-12,14H2,1-2H3,(H,22,24). The van der Waals surface area contributed by atoms with Crippen molar-refractivity contribution in [3.8, 4) is 0 Å². The average Bonchev–Trinajstić information content (AvgIpc) is 2.68. The topological polar surface area (TPSA) is 58.6 Å². The third-order valence-electron chi connectivity index (χ3n) is 4.85. The van der Waals surface area contributed by atoms with E-state index in [0.717, 1.165) is 29.7 Å². The van der Waals surface area contributed by atoms with Gasteiger partial charge in [-0.2, -0.15) is 0 Å². The number of fused-ring (bicyclic) bond motifs is 1. The van der Waals surface area contributed by atoms with Gasteiger partial charge in [-0.3, -0.25) is 4.79 Å². The first-order valence-electron chi connectivity index (χ1n) is 8.93. The van der Waals surface area contributed by atoms with Gasteiger partial charge in [-0.25, -0.2) is 4.79 Å². The van der Waals surface area contributed by atoms with Crippen molar-refractivity contribution in [3.05, 3.63) is 65.2 Å². The van der Waals surface area contributed by atoms with Gasteiger partial charge >= 0.3 is 6.09 Å². The lowest BCUT2D eigenvalue weighted by molar-refractivity contribution is -0.117. The minimum atomic E-state index is -0.319. The third kappa shape index (κ3) is 3.87. The lowest BCUT2D eigenvalue weighted by Crippen LogP contribution is -2.35. The summed E-state index contributed by atoms with van der Waals surface area (Å²) >= 11 is 0. The number of benzene rings is 2. The van der Waals surface area contributed by atoms with Crippen LogP contribution in [0, 0.1) is 0 Å². The SMILES string of the molecule is CCC(C(=O)Nc1ccc2c(c1)CN(C(=O)OC)CC2)c1ccccc1. The van der Waals surface area contributed by atoms with Gasteiger partial charge in [0.15, 0.2) is 0 Å². The number of amides is 2. The van der Waals surface area contributed by atoms with E-state index in [4.69, 9.17) is 4.74 Å². The van der Waals surface area contributed by atoms with Crippen molar-refractivity contribution in [2.45, 2.75) is 32.2 Å². The summed E-state index contributed by atoms with van der Waals surface area (Å²) in [6.07, 6.45) is 1.21. The maximum Gasteiger partial charge on any atom is 0.409 e. The highest BCUT2D eigenvalue weighted by atomic mass is 16.5. The van der Waals surface area contributed by atoms with Crippen molar-refractivity contribution in [1.29, 1.82) is 0 Å². The first kappa shape index (κ1) is 18.0. The van der Waals surface area contributed by atoms with Gasteiger partial charge in [0.25, 0.3) is 0 Å². The van der Waals surface area contributed by atoms with Crippen molar-refractivity contribution in [1.82, 2.24) is 4.90 Å². The summed E-state index contributed by atoms with van der Waals surface area (Å²) in [5, 5.41) is 3.03. The van der Waals surface area contributed by atoms with Crippen LogP contribution in [0.25, 0.3) is 0 Å². The van der Waals surface area contributed by atoms with Gasteiger partial charge in [0, 0.05) is 18.8 Å². The smallest absolute Gasteiger partial charge is 0.409 e. The zero-order valence-electron chi connectivity index (χ0n) is 15.2. The number of ether oxygens (including phenoxy) is 1. The molecule has 1 aliphatic heterocycles. The van der Waals surface area contributed by atoms with Crippen molar-refractivity contribution >= 4 is 17.7 Å². The van der Waals surface area contributed by atoms with Gasteiger partial charge in [-0.05, 0) is 41.7 Å². The van der Waals surface area contributed by atoms with Gasteiger partial charge in [-0.1, -0.05) is 43.3 Å². The molecule has 136 valence electrons. The number of nitrogens with zero attached hydrogens (tertiary/aromatic N) is 1. The second-order valence-corrected chi connectivity index (χ2v) is 6.49. The number of hydrogen-bond acceptors (Lipinski definition) is 3. The third-order valence-corrected chi connectivity index (χ3v) is 4.85. The van der Waals surface area contributed by atoms with E-state index in [-0.39, 0.29) is 17.9 Å². The number of hydrogen-bond donors (Lipinski definition) is 1. The van der Waals surface area contributed by atoms with Crippen molar-refractivity contribution in [3.63, 3.8) is 0 Å². The van der Waals surface area contributed by atoms with Crippen molar-refractivity contribution < 1.29 is 14.3 Å². The Bertz CT molecular complexity index is 789. The molecule has 5 heteroatoms. The van der Waals surface area contributed by atoms with Gasteiger partial charge in [0.1, 0.15) is 0 Å². The molecule has 0 spiro atoms. The normalized spacial score (nSPS) is 14.3. The Morgan fingerprint density at radius 2 is 1.92 bits per heavy atom. The molecule has 5 nitrogen and oxygen atoms in total. The summed E-state index contributed by atoms with van der Waals surface area (Å²) in [6, 6.07) is 15.7. The highest BCUT2D eigenvalue weighted by Gasteiger charge is 2.22. The van der Waals surface area contributed by atoms with Gasteiger partial charge in [0.05, 0.1) is 13.0 Å². The van der Waals surface area contributed by atoms with Crippen LogP contribution in [0.15, 0.2) is 48.5 Å². The van der Waals surface area contributed by atoms with Crippen LogP contribution < -0.4 is 5.32 Å². The molecule has 1 atom stereocenters. The van der Waals surface area contributed by atoms with Gasteiger partial charge < -0.3 is 15.0 Å². The quantitative estimate of drug-likeness (QED) is 0.906. The number of nitrogens with one attached hydrogen (secondary N) is 1. The number of carbonyl (C=O) groups is 2. The van der Waals surface area contributed by atoms with Crippen molar-refractivity contribution in [2.75, 3.05) is 19.0 Å². The molecular formula is C21H24N2O3. The number of carbonyl (C=O) groups excluding carboxylic acids is 2.